The fourth-order valence-corrected chi connectivity index (χ4v) is 9.89. The third kappa shape index (κ3) is 26.2. The normalized spacial score (nSPS) is 22.5. The second-order valence-corrected chi connectivity index (χ2v) is 22.7. The number of amides is 9. The highest BCUT2D eigenvalue weighted by Gasteiger charge is 2.38. The average molecular weight is 1250 g/mol. The number of nitrogens with two attached hydrogens (primary N) is 7. The van der Waals surface area contributed by atoms with Crippen LogP contribution in [0.25, 0.3) is 0 Å². The Morgan fingerprint density at radius 2 is 0.633 bits per heavy atom. The molecular formula is C62H95N19O9. The number of aliphatic imine (C=N–C) groups is 3. The van der Waals surface area contributed by atoms with Crippen molar-refractivity contribution in [2.24, 2.45) is 66.9 Å². The van der Waals surface area contributed by atoms with Gasteiger partial charge in [-0.25, -0.2) is 0 Å². The van der Waals surface area contributed by atoms with Gasteiger partial charge < -0.3 is 88.0 Å². The van der Waals surface area contributed by atoms with Gasteiger partial charge in [0.1, 0.15) is 54.4 Å². The molecule has 28 nitrogen and oxygen atoms in total. The minimum absolute atomic E-state index is 0.0282. The first-order valence-corrected chi connectivity index (χ1v) is 30.7. The average Bonchev–Trinajstić information content (AvgIpc) is 1.94. The lowest BCUT2D eigenvalue weighted by atomic mass is 9.96. The Morgan fingerprint density at radius 1 is 0.367 bits per heavy atom. The lowest BCUT2D eigenvalue weighted by molar-refractivity contribution is -0.136. The summed E-state index contributed by atoms with van der Waals surface area (Å²) in [7, 11) is 0. The number of guanidine groups is 3. The van der Waals surface area contributed by atoms with Gasteiger partial charge in [0.15, 0.2) is 17.9 Å². The van der Waals surface area contributed by atoms with Gasteiger partial charge in [0.05, 0.1) is 0 Å². The van der Waals surface area contributed by atoms with Crippen molar-refractivity contribution in [2.45, 2.75) is 166 Å². The van der Waals surface area contributed by atoms with Gasteiger partial charge in [-0.2, -0.15) is 0 Å². The highest BCUT2D eigenvalue weighted by atomic mass is 16.2. The van der Waals surface area contributed by atoms with Gasteiger partial charge in [0, 0.05) is 38.9 Å². The Hall–Kier alpha value is -9.34. The van der Waals surface area contributed by atoms with E-state index in [-0.39, 0.29) is 108 Å². The summed E-state index contributed by atoms with van der Waals surface area (Å²) in [5.74, 6) is -9.04. The van der Waals surface area contributed by atoms with E-state index >= 15 is 0 Å². The number of nitrogens with zero attached hydrogens (tertiary/aromatic N) is 3. The maximum atomic E-state index is 14.9. The quantitative estimate of drug-likeness (QED) is 0.0250. The molecule has 9 amide bonds. The first-order valence-electron chi connectivity index (χ1n) is 30.7. The maximum absolute atomic E-state index is 14.9. The molecule has 3 aromatic rings. The molecule has 0 spiro atoms. The molecule has 0 aliphatic carbocycles. The van der Waals surface area contributed by atoms with Gasteiger partial charge in [-0.15, -0.1) is 0 Å². The van der Waals surface area contributed by atoms with Crippen LogP contribution in [0.3, 0.4) is 0 Å². The molecule has 0 saturated carbocycles. The number of carbonyl (C=O) groups excluding carboxylic acids is 9. The number of carbonyl (C=O) groups is 9. The summed E-state index contributed by atoms with van der Waals surface area (Å²) < 4.78 is 0. The lowest BCUT2D eigenvalue weighted by Gasteiger charge is -2.30. The number of rotatable bonds is 25. The molecule has 0 radical (unpaired) electrons. The first-order chi connectivity index (χ1) is 43.0. The molecule has 1 heterocycles. The predicted molar refractivity (Wildman–Crippen MR) is 345 cm³/mol. The van der Waals surface area contributed by atoms with Crippen LogP contribution in [-0.4, -0.2) is 152 Å². The summed E-state index contributed by atoms with van der Waals surface area (Å²) in [5, 5.41) is 25.3. The van der Waals surface area contributed by atoms with Gasteiger partial charge in [0.25, 0.3) is 0 Å². The molecule has 1 aliphatic heterocycles. The van der Waals surface area contributed by atoms with E-state index in [9.17, 15) is 43.2 Å². The molecule has 3 aromatic carbocycles. The van der Waals surface area contributed by atoms with Gasteiger partial charge in [-0.3, -0.25) is 58.1 Å². The number of benzene rings is 3. The summed E-state index contributed by atoms with van der Waals surface area (Å²) in [6.07, 6.45) is 1.12. The molecule has 4 rings (SSSR count). The van der Waals surface area contributed by atoms with Crippen molar-refractivity contribution in [3.05, 3.63) is 108 Å². The minimum Gasteiger partial charge on any atom is -0.370 e. The molecule has 23 N–H and O–H groups in total. The van der Waals surface area contributed by atoms with Crippen LogP contribution in [-0.2, 0) is 62.4 Å². The molecule has 492 valence electrons. The highest BCUT2D eigenvalue weighted by Crippen LogP contribution is 2.16. The predicted octanol–water partition coefficient (Wildman–Crippen LogP) is -1.92. The van der Waals surface area contributed by atoms with E-state index in [0.29, 0.717) is 36.0 Å². The Balaban J connectivity index is 1.96. The van der Waals surface area contributed by atoms with Crippen LogP contribution in [0.15, 0.2) is 106 Å². The van der Waals surface area contributed by atoms with Gasteiger partial charge in [-0.1, -0.05) is 125 Å². The van der Waals surface area contributed by atoms with Crippen molar-refractivity contribution in [2.75, 3.05) is 26.2 Å². The van der Waals surface area contributed by atoms with Crippen LogP contribution in [0.1, 0.15) is 109 Å². The zero-order valence-electron chi connectivity index (χ0n) is 52.1. The zero-order valence-corrected chi connectivity index (χ0v) is 52.1. The molecule has 0 bridgehead atoms. The fraction of sp³-hybridized carbons (Fsp3) is 0.516. The summed E-state index contributed by atoms with van der Waals surface area (Å²) in [5.41, 5.74) is 41.6. The number of hydrogen-bond acceptors (Lipinski definition) is 13. The zero-order chi connectivity index (χ0) is 66.1. The lowest BCUT2D eigenvalue weighted by Crippen LogP contribution is -2.61. The van der Waals surface area contributed by atoms with E-state index in [1.165, 1.54) is 0 Å². The maximum Gasteiger partial charge on any atom is 0.243 e. The summed E-state index contributed by atoms with van der Waals surface area (Å²) >= 11 is 0. The second kappa shape index (κ2) is 38.8. The molecule has 1 fully saturated rings. The van der Waals surface area contributed by atoms with E-state index in [2.05, 4.69) is 62.8 Å². The molecule has 90 heavy (non-hydrogen) atoms. The Kier molecular flexibility index (Phi) is 31.6. The number of unbranched alkanes of at least 4 members (excludes halogenated alkanes) is 1. The van der Waals surface area contributed by atoms with Crippen molar-refractivity contribution in [3.8, 4) is 0 Å². The summed E-state index contributed by atoms with van der Waals surface area (Å²) in [4.78, 5) is 146. The summed E-state index contributed by atoms with van der Waals surface area (Å²) in [6, 6.07) is 14.0. The van der Waals surface area contributed by atoms with Crippen LogP contribution in [0.2, 0.25) is 0 Å². The van der Waals surface area contributed by atoms with Crippen molar-refractivity contribution >= 4 is 71.0 Å². The molecule has 10 atom stereocenters. The second-order valence-electron chi connectivity index (χ2n) is 22.7. The van der Waals surface area contributed by atoms with Crippen LogP contribution in [0.4, 0.5) is 0 Å². The Labute approximate surface area is 526 Å². The molecule has 1 saturated heterocycles. The van der Waals surface area contributed by atoms with Crippen molar-refractivity contribution in [1.29, 1.82) is 0 Å². The Morgan fingerprint density at radius 3 is 0.933 bits per heavy atom. The van der Waals surface area contributed by atoms with Gasteiger partial charge in [0.2, 0.25) is 53.2 Å². The summed E-state index contributed by atoms with van der Waals surface area (Å²) in [6.45, 7) is 7.25. The molecule has 0 aromatic heterocycles. The van der Waals surface area contributed by atoms with E-state index in [0.717, 1.165) is 0 Å². The van der Waals surface area contributed by atoms with Gasteiger partial charge in [-0.05, 0) is 92.9 Å². The molecule has 28 heteroatoms. The van der Waals surface area contributed by atoms with Crippen LogP contribution >= 0.6 is 0 Å². The Bertz CT molecular complexity index is 2890. The van der Waals surface area contributed by atoms with E-state index in [1.807, 2.05) is 6.92 Å². The molecular weight excluding hydrogens is 1150 g/mol. The minimum atomic E-state index is -1.41. The van der Waals surface area contributed by atoms with Gasteiger partial charge >= 0.3 is 0 Å². The topological polar surface area (TPSA) is 481 Å². The SMILES string of the molecule is CC[C@H](C)[C@@H]1NC(=O)[C@H](Cc2ccccc2)NC(=O)[C@H](CCCN=C(N)N)NC(=O)[C@H](C(C)C)NC(=O)[C@H](Cc2ccccc2)NC(=O)[C@H](CCCN=C(N)N)NC(=O)[C@H](CCCN=C(N)N)NC(=O)[C@H](Cc2ccccc2)NC(=O)[C@H](CCCCN)NC1=O. The molecule has 0 unspecified atom stereocenters. The highest BCUT2D eigenvalue weighted by molar-refractivity contribution is 5.99. The third-order valence-corrected chi connectivity index (χ3v) is 15.1. The first kappa shape index (κ1) is 73.1. The third-order valence-electron chi connectivity index (χ3n) is 15.1. The van der Waals surface area contributed by atoms with Crippen molar-refractivity contribution in [1.82, 2.24) is 47.9 Å². The van der Waals surface area contributed by atoms with Crippen LogP contribution in [0.5, 0.6) is 0 Å². The van der Waals surface area contributed by atoms with E-state index in [4.69, 9.17) is 40.1 Å². The van der Waals surface area contributed by atoms with Crippen LogP contribution in [0, 0.1) is 11.8 Å². The monoisotopic (exact) mass is 1250 g/mol. The number of nitrogens with one attached hydrogen (secondary N) is 9. The van der Waals surface area contributed by atoms with E-state index in [1.54, 1.807) is 112 Å². The molecule has 1 aliphatic rings. The largest absolute Gasteiger partial charge is 0.370 e. The van der Waals surface area contributed by atoms with Crippen LogP contribution < -0.4 is 88.0 Å². The standard InChI is InChI=1S/C62H95N19O9/c1-5-38(4)50-59(90)76-42(26-15-16-30-63)52(83)77-46(34-39-20-9-6-10-21-39)55(86)74-43(27-17-31-70-60(64)65)51(82)73-44(28-18-32-71-61(66)67)53(84)78-47(35-40-22-11-7-12-23-40)56(87)80-49(37(2)3)58(89)75-45(29-19-33-72-62(68)69)54(85)79-48(57(88)81-50)36-41-24-13-8-14-25-41/h6-14,20-25,37-38,42-50H,5,15-19,26-36,63H2,1-4H3,(H,73,82)(H,74,86)(H,75,89)(H,76,90)(H,77,83)(H,78,84)(H,79,85)(H,80,87)(H,81,88)(H4,64,65,70)(H4,66,67,71)(H4,68,69,72)/t38-,42-,43-,44-,45-,46-,47-,48-,49-,50-/m0/s1. The van der Waals surface area contributed by atoms with E-state index < -0.39 is 119 Å². The smallest absolute Gasteiger partial charge is 0.243 e. The van der Waals surface area contributed by atoms with Crippen molar-refractivity contribution in [3.63, 3.8) is 0 Å². The number of hydrogen-bond donors (Lipinski definition) is 16. The van der Waals surface area contributed by atoms with Crippen molar-refractivity contribution < 1.29 is 43.2 Å². The fourth-order valence-electron chi connectivity index (χ4n) is 9.89.